The maximum absolute atomic E-state index is 11.2. The van der Waals surface area contributed by atoms with Crippen LogP contribution in [0.5, 0.6) is 0 Å². The van der Waals surface area contributed by atoms with Gasteiger partial charge in [0.05, 0.1) is 5.75 Å². The number of hydrogen-bond acceptors (Lipinski definition) is 3. The zero-order valence-electron chi connectivity index (χ0n) is 15.7. The molecular weight excluding hydrogens is 414 g/mol. The van der Waals surface area contributed by atoms with E-state index in [-0.39, 0.29) is 11.7 Å². The molecule has 0 saturated heterocycles. The largest absolute Gasteiger partial charge is 0.361 e. The Balaban J connectivity index is 1.98. The smallest absolute Gasteiger partial charge is 0.264 e. The van der Waals surface area contributed by atoms with E-state index in [1.165, 1.54) is 5.56 Å². The minimum atomic E-state index is -3.97. The first-order valence-electron chi connectivity index (χ1n) is 9.26. The molecule has 0 fully saturated rings. The number of benzene rings is 2. The standard InChI is InChI=1S/C21H24ClNO3S2/c1-2-27-14-16-5-3-6-19-20(13-23-21(16)19)18(7-4-12-28(24,25)26)15-8-10-17(22)11-9-15/h3,5-6,8-11,13,18,23H,2,4,7,12,14H2,1H3,(H,24,25,26). The highest BCUT2D eigenvalue weighted by Gasteiger charge is 2.20. The molecule has 28 heavy (non-hydrogen) atoms. The normalized spacial score (nSPS) is 13.1. The summed E-state index contributed by atoms with van der Waals surface area (Å²) in [4.78, 5) is 3.43. The van der Waals surface area contributed by atoms with E-state index in [0.717, 1.165) is 33.5 Å². The van der Waals surface area contributed by atoms with Crippen molar-refractivity contribution in [2.45, 2.75) is 31.4 Å². The number of aromatic amines is 1. The molecule has 0 radical (unpaired) electrons. The third-order valence-corrected chi connectivity index (χ3v) is 6.82. The maximum atomic E-state index is 11.2. The fourth-order valence-corrected chi connectivity index (χ4v) is 4.85. The van der Waals surface area contributed by atoms with Crippen molar-refractivity contribution in [2.75, 3.05) is 11.5 Å². The molecule has 1 atom stereocenters. The van der Waals surface area contributed by atoms with Crippen LogP contribution in [0.25, 0.3) is 10.9 Å². The van der Waals surface area contributed by atoms with Crippen LogP contribution in [0, 0.1) is 0 Å². The van der Waals surface area contributed by atoms with E-state index in [9.17, 15) is 8.42 Å². The minimum absolute atomic E-state index is 0.0156. The first-order chi connectivity index (χ1) is 13.4. The lowest BCUT2D eigenvalue weighted by Gasteiger charge is -2.17. The molecule has 150 valence electrons. The van der Waals surface area contributed by atoms with Gasteiger partial charge in [-0.15, -0.1) is 0 Å². The highest BCUT2D eigenvalue weighted by Crippen LogP contribution is 2.36. The number of H-pyrrole nitrogens is 1. The number of rotatable bonds is 9. The van der Waals surface area contributed by atoms with Gasteiger partial charge in [-0.05, 0) is 47.4 Å². The summed E-state index contributed by atoms with van der Waals surface area (Å²) in [5, 5.41) is 1.82. The Kier molecular flexibility index (Phi) is 7.10. The van der Waals surface area contributed by atoms with Gasteiger partial charge in [0.2, 0.25) is 0 Å². The van der Waals surface area contributed by atoms with Crippen molar-refractivity contribution in [3.05, 3.63) is 70.4 Å². The fraction of sp³-hybridized carbons (Fsp3) is 0.333. The number of aromatic nitrogens is 1. The Morgan fingerprint density at radius 1 is 1.18 bits per heavy atom. The topological polar surface area (TPSA) is 70.2 Å². The Hall–Kier alpha value is -1.47. The molecule has 0 aliphatic carbocycles. The number of para-hydroxylation sites is 1. The predicted octanol–water partition coefficient (Wildman–Crippen LogP) is 5.87. The second-order valence-corrected chi connectivity index (χ2v) is 10.0. The van der Waals surface area contributed by atoms with Crippen molar-refractivity contribution in [1.29, 1.82) is 0 Å². The zero-order chi connectivity index (χ0) is 20.1. The van der Waals surface area contributed by atoms with Gasteiger partial charge in [-0.3, -0.25) is 4.55 Å². The van der Waals surface area contributed by atoms with Crippen LogP contribution >= 0.6 is 23.4 Å². The van der Waals surface area contributed by atoms with E-state index >= 15 is 0 Å². The summed E-state index contributed by atoms with van der Waals surface area (Å²) >= 11 is 7.93. The third kappa shape index (κ3) is 5.32. The van der Waals surface area contributed by atoms with Crippen molar-refractivity contribution in [3.8, 4) is 0 Å². The van der Waals surface area contributed by atoms with Crippen molar-refractivity contribution >= 4 is 44.4 Å². The van der Waals surface area contributed by atoms with Crippen LogP contribution in [-0.4, -0.2) is 29.5 Å². The SMILES string of the molecule is CCSCc1cccc2c(C(CCCS(=O)(=O)O)c3ccc(Cl)cc3)c[nH]c12. The highest BCUT2D eigenvalue weighted by atomic mass is 35.5. The molecule has 0 aliphatic rings. The van der Waals surface area contributed by atoms with Crippen LogP contribution in [-0.2, 0) is 15.9 Å². The van der Waals surface area contributed by atoms with E-state index in [2.05, 4.69) is 30.1 Å². The Bertz CT molecular complexity index is 1030. The Labute approximate surface area is 175 Å². The molecule has 0 amide bonds. The van der Waals surface area contributed by atoms with Gasteiger partial charge >= 0.3 is 0 Å². The number of thioether (sulfide) groups is 1. The van der Waals surface area contributed by atoms with Crippen LogP contribution in [0.4, 0.5) is 0 Å². The molecule has 0 saturated carbocycles. The van der Waals surface area contributed by atoms with Gasteiger partial charge in [-0.25, -0.2) is 0 Å². The van der Waals surface area contributed by atoms with Gasteiger partial charge in [-0.2, -0.15) is 20.2 Å². The molecule has 3 aromatic rings. The fourth-order valence-electron chi connectivity index (χ4n) is 3.53. The molecule has 0 bridgehead atoms. The van der Waals surface area contributed by atoms with E-state index in [0.29, 0.717) is 17.9 Å². The number of nitrogens with one attached hydrogen (secondary N) is 1. The summed E-state index contributed by atoms with van der Waals surface area (Å²) in [7, 11) is -3.97. The first-order valence-corrected chi connectivity index (χ1v) is 12.4. The molecule has 0 spiro atoms. The van der Waals surface area contributed by atoms with Crippen molar-refractivity contribution in [1.82, 2.24) is 4.98 Å². The van der Waals surface area contributed by atoms with E-state index in [4.69, 9.17) is 16.2 Å². The first kappa shape index (κ1) is 21.2. The number of halogens is 1. The molecule has 1 heterocycles. The lowest BCUT2D eigenvalue weighted by Crippen LogP contribution is -2.07. The van der Waals surface area contributed by atoms with Crippen LogP contribution in [0.1, 0.15) is 42.4 Å². The van der Waals surface area contributed by atoms with Gasteiger partial charge in [-0.1, -0.05) is 48.9 Å². The summed E-state index contributed by atoms with van der Waals surface area (Å²) in [6.07, 6.45) is 3.02. The van der Waals surface area contributed by atoms with Gasteiger partial charge in [0.1, 0.15) is 0 Å². The van der Waals surface area contributed by atoms with Crippen molar-refractivity contribution in [3.63, 3.8) is 0 Å². The maximum Gasteiger partial charge on any atom is 0.264 e. The van der Waals surface area contributed by atoms with E-state index in [1.54, 1.807) is 0 Å². The Morgan fingerprint density at radius 3 is 2.61 bits per heavy atom. The molecule has 0 aliphatic heterocycles. The van der Waals surface area contributed by atoms with Crippen molar-refractivity contribution < 1.29 is 13.0 Å². The highest BCUT2D eigenvalue weighted by molar-refractivity contribution is 7.98. The van der Waals surface area contributed by atoms with Crippen molar-refractivity contribution in [2.24, 2.45) is 0 Å². The van der Waals surface area contributed by atoms with Crippen LogP contribution in [0.3, 0.4) is 0 Å². The van der Waals surface area contributed by atoms with Gasteiger partial charge < -0.3 is 4.98 Å². The van der Waals surface area contributed by atoms with Crippen LogP contribution in [0.2, 0.25) is 5.02 Å². The summed E-state index contributed by atoms with van der Waals surface area (Å²) in [5.41, 5.74) is 4.61. The molecule has 1 unspecified atom stereocenters. The summed E-state index contributed by atoms with van der Waals surface area (Å²) < 4.78 is 31.4. The lowest BCUT2D eigenvalue weighted by molar-refractivity contribution is 0.479. The summed E-state index contributed by atoms with van der Waals surface area (Å²) in [6, 6.07) is 14.0. The van der Waals surface area contributed by atoms with Gasteiger partial charge in [0.15, 0.2) is 0 Å². The third-order valence-electron chi connectivity index (χ3n) is 4.84. The lowest BCUT2D eigenvalue weighted by atomic mass is 9.87. The molecule has 7 heteroatoms. The van der Waals surface area contributed by atoms with Crippen LogP contribution in [0.15, 0.2) is 48.7 Å². The second kappa shape index (κ2) is 9.35. The predicted molar refractivity (Wildman–Crippen MR) is 119 cm³/mol. The average molecular weight is 438 g/mol. The summed E-state index contributed by atoms with van der Waals surface area (Å²) in [6.45, 7) is 2.15. The molecule has 2 aromatic carbocycles. The second-order valence-electron chi connectivity index (χ2n) is 6.75. The monoisotopic (exact) mass is 437 g/mol. The molecule has 1 aromatic heterocycles. The minimum Gasteiger partial charge on any atom is -0.361 e. The van der Waals surface area contributed by atoms with Gasteiger partial charge in [0, 0.05) is 33.8 Å². The molecule has 4 nitrogen and oxygen atoms in total. The average Bonchev–Trinajstić information content (AvgIpc) is 3.08. The summed E-state index contributed by atoms with van der Waals surface area (Å²) in [5.74, 6) is 1.79. The van der Waals surface area contributed by atoms with E-state index < -0.39 is 10.1 Å². The quantitative estimate of drug-likeness (QED) is 0.410. The van der Waals surface area contributed by atoms with Gasteiger partial charge in [0.25, 0.3) is 10.1 Å². The molecule has 2 N–H and O–H groups in total. The molecule has 3 rings (SSSR count). The van der Waals surface area contributed by atoms with Crippen LogP contribution < -0.4 is 0 Å². The Morgan fingerprint density at radius 2 is 1.93 bits per heavy atom. The number of hydrogen-bond donors (Lipinski definition) is 2. The van der Waals surface area contributed by atoms with E-state index in [1.807, 2.05) is 42.2 Å². The number of fused-ring (bicyclic) bond motifs is 1. The zero-order valence-corrected chi connectivity index (χ0v) is 18.1. The molecular formula is C21H24ClNO3S2.